The topological polar surface area (TPSA) is 59.2 Å². The number of nitrogens with one attached hydrogen (secondary N) is 1. The van der Waals surface area contributed by atoms with E-state index in [4.69, 9.17) is 4.74 Å². The van der Waals surface area contributed by atoms with Gasteiger partial charge in [-0.3, -0.25) is 4.79 Å². The van der Waals surface area contributed by atoms with Crippen LogP contribution in [-0.4, -0.2) is 22.8 Å². The molecule has 114 valence electrons. The molecule has 1 fully saturated rings. The van der Waals surface area contributed by atoms with Crippen LogP contribution in [0.1, 0.15) is 83.5 Å². The summed E-state index contributed by atoms with van der Waals surface area (Å²) in [6.07, 6.45) is 9.00. The second-order valence-corrected chi connectivity index (χ2v) is 6.27. The quantitative estimate of drug-likeness (QED) is 0.666. The molecule has 0 aromatic carbocycles. The van der Waals surface area contributed by atoms with E-state index >= 15 is 0 Å². The predicted molar refractivity (Wildman–Crippen MR) is 79.7 cm³/mol. The minimum Gasteiger partial charge on any atom is -0.458 e. The highest BCUT2D eigenvalue weighted by Crippen LogP contribution is 2.28. The van der Waals surface area contributed by atoms with Crippen LogP contribution in [0.25, 0.3) is 0 Å². The number of rotatable bonds is 2. The van der Waals surface area contributed by atoms with Gasteiger partial charge < -0.3 is 9.72 Å². The highest BCUT2D eigenvalue weighted by Gasteiger charge is 2.28. The van der Waals surface area contributed by atoms with Crippen molar-refractivity contribution in [3.8, 4) is 0 Å². The number of H-pyrrole nitrogens is 1. The summed E-state index contributed by atoms with van der Waals surface area (Å²) in [5, 5.41) is 0. The Morgan fingerprint density at radius 3 is 2.48 bits per heavy atom. The first-order chi connectivity index (χ1) is 10.2. The molecule has 1 heterocycles. The molecule has 0 unspecified atom stereocenters. The van der Waals surface area contributed by atoms with Crippen LogP contribution in [0.2, 0.25) is 0 Å². The van der Waals surface area contributed by atoms with Crippen molar-refractivity contribution in [2.75, 3.05) is 0 Å². The van der Waals surface area contributed by atoms with E-state index in [9.17, 15) is 9.59 Å². The number of aromatic nitrogens is 1. The van der Waals surface area contributed by atoms with Crippen LogP contribution in [0.3, 0.4) is 0 Å². The van der Waals surface area contributed by atoms with Gasteiger partial charge in [-0.25, -0.2) is 4.79 Å². The molecule has 0 saturated heterocycles. The summed E-state index contributed by atoms with van der Waals surface area (Å²) in [7, 11) is 0. The molecule has 0 spiro atoms. The maximum Gasteiger partial charge on any atom is 0.355 e. The van der Waals surface area contributed by atoms with Crippen LogP contribution in [-0.2, 0) is 11.2 Å². The molecule has 4 nitrogen and oxygen atoms in total. The lowest BCUT2D eigenvalue weighted by molar-refractivity contribution is 0.0260. The summed E-state index contributed by atoms with van der Waals surface area (Å²) in [5.41, 5.74) is 2.90. The Hall–Kier alpha value is -1.58. The van der Waals surface area contributed by atoms with Crippen molar-refractivity contribution in [2.45, 2.75) is 70.8 Å². The second kappa shape index (κ2) is 6.04. The van der Waals surface area contributed by atoms with E-state index in [-0.39, 0.29) is 17.9 Å². The van der Waals surface area contributed by atoms with E-state index in [0.29, 0.717) is 12.1 Å². The van der Waals surface area contributed by atoms with Gasteiger partial charge in [0.05, 0.1) is 0 Å². The predicted octanol–water partition coefficient (Wildman–Crippen LogP) is 3.72. The van der Waals surface area contributed by atoms with Crippen molar-refractivity contribution in [1.82, 2.24) is 4.98 Å². The summed E-state index contributed by atoms with van der Waals surface area (Å²) in [5.74, 6) is -0.139. The Balaban J connectivity index is 1.77. The van der Waals surface area contributed by atoms with Crippen molar-refractivity contribution in [3.63, 3.8) is 0 Å². The number of fused-ring (bicyclic) bond motifs is 1. The van der Waals surface area contributed by atoms with Crippen molar-refractivity contribution in [2.24, 2.45) is 0 Å². The van der Waals surface area contributed by atoms with Crippen LogP contribution in [0.5, 0.6) is 0 Å². The number of ketones is 1. The first kappa shape index (κ1) is 14.4. The van der Waals surface area contributed by atoms with Crippen LogP contribution >= 0.6 is 0 Å². The lowest BCUT2D eigenvalue weighted by Crippen LogP contribution is -2.18. The largest absolute Gasteiger partial charge is 0.458 e. The van der Waals surface area contributed by atoms with Crippen molar-refractivity contribution >= 4 is 11.8 Å². The molecule has 0 radical (unpaired) electrons. The number of hydrogen-bond donors (Lipinski definition) is 1. The van der Waals surface area contributed by atoms with Gasteiger partial charge in [0, 0.05) is 17.7 Å². The van der Waals surface area contributed by atoms with Gasteiger partial charge in [-0.05, 0) is 51.0 Å². The fourth-order valence-corrected chi connectivity index (χ4v) is 3.55. The number of carbonyl (C=O) groups is 2. The molecule has 2 aliphatic carbocycles. The zero-order valence-corrected chi connectivity index (χ0v) is 12.7. The van der Waals surface area contributed by atoms with E-state index in [1.165, 1.54) is 12.8 Å². The number of hydrogen-bond acceptors (Lipinski definition) is 3. The normalized spacial score (nSPS) is 20.0. The number of ether oxygens (including phenoxy) is 1. The monoisotopic (exact) mass is 289 g/mol. The second-order valence-electron chi connectivity index (χ2n) is 6.27. The van der Waals surface area contributed by atoms with Crippen LogP contribution in [0, 0.1) is 6.92 Å². The summed E-state index contributed by atoms with van der Waals surface area (Å²) in [6.45, 7) is 1.85. The molecule has 1 aromatic heterocycles. The van der Waals surface area contributed by atoms with Crippen LogP contribution in [0.15, 0.2) is 0 Å². The van der Waals surface area contributed by atoms with Crippen LogP contribution < -0.4 is 0 Å². The van der Waals surface area contributed by atoms with Gasteiger partial charge in [-0.15, -0.1) is 0 Å². The zero-order chi connectivity index (χ0) is 14.8. The molecule has 1 N–H and O–H groups in total. The molecule has 0 bridgehead atoms. The fourth-order valence-electron chi connectivity index (χ4n) is 3.55. The van der Waals surface area contributed by atoms with E-state index in [0.717, 1.165) is 55.3 Å². The van der Waals surface area contributed by atoms with Gasteiger partial charge in [0.25, 0.3) is 0 Å². The first-order valence-corrected chi connectivity index (χ1v) is 8.12. The summed E-state index contributed by atoms with van der Waals surface area (Å²) >= 11 is 0. The Morgan fingerprint density at radius 1 is 1.10 bits per heavy atom. The number of carbonyl (C=O) groups excluding carboxylic acids is 2. The molecular formula is C17H23NO3. The third kappa shape index (κ3) is 2.89. The standard InChI is InChI=1S/C17H23NO3/c1-11-15-13(9-6-10-14(15)19)18-16(11)17(20)21-12-7-4-2-3-5-8-12/h12,18H,2-10H2,1H3. The van der Waals surface area contributed by atoms with Crippen molar-refractivity contribution in [1.29, 1.82) is 0 Å². The molecule has 21 heavy (non-hydrogen) atoms. The van der Waals surface area contributed by atoms with Gasteiger partial charge in [-0.1, -0.05) is 12.8 Å². The molecule has 1 aromatic rings. The van der Waals surface area contributed by atoms with Gasteiger partial charge in [0.15, 0.2) is 5.78 Å². The highest BCUT2D eigenvalue weighted by molar-refractivity contribution is 6.03. The Morgan fingerprint density at radius 2 is 1.81 bits per heavy atom. The van der Waals surface area contributed by atoms with E-state index < -0.39 is 0 Å². The lowest BCUT2D eigenvalue weighted by Gasteiger charge is -2.15. The van der Waals surface area contributed by atoms with Gasteiger partial charge in [0.2, 0.25) is 0 Å². The number of Topliss-reactive ketones (excluding diaryl/α,β-unsaturated/α-hetero) is 1. The molecule has 4 heteroatoms. The van der Waals surface area contributed by atoms with Gasteiger partial charge >= 0.3 is 5.97 Å². The zero-order valence-electron chi connectivity index (χ0n) is 12.7. The molecule has 1 saturated carbocycles. The van der Waals surface area contributed by atoms with Crippen molar-refractivity contribution in [3.05, 3.63) is 22.5 Å². The number of esters is 1. The van der Waals surface area contributed by atoms with Crippen LogP contribution in [0.4, 0.5) is 0 Å². The first-order valence-electron chi connectivity index (χ1n) is 8.12. The number of aryl methyl sites for hydroxylation is 1. The summed E-state index contributed by atoms with van der Waals surface area (Å²) in [6, 6.07) is 0. The fraction of sp³-hybridized carbons (Fsp3) is 0.647. The third-order valence-corrected chi connectivity index (χ3v) is 4.72. The smallest absolute Gasteiger partial charge is 0.355 e. The Kier molecular flexibility index (Phi) is 4.13. The Bertz CT molecular complexity index is 551. The molecule has 2 aliphatic rings. The van der Waals surface area contributed by atoms with Gasteiger partial charge in [-0.2, -0.15) is 0 Å². The summed E-state index contributed by atoms with van der Waals surface area (Å²) in [4.78, 5) is 27.6. The molecule has 0 aliphatic heterocycles. The molecule has 0 amide bonds. The van der Waals surface area contributed by atoms with Crippen molar-refractivity contribution < 1.29 is 14.3 Å². The van der Waals surface area contributed by atoms with E-state index in [2.05, 4.69) is 4.98 Å². The maximum atomic E-state index is 12.4. The average molecular weight is 289 g/mol. The maximum absolute atomic E-state index is 12.4. The Labute approximate surface area is 125 Å². The third-order valence-electron chi connectivity index (χ3n) is 4.72. The van der Waals surface area contributed by atoms with E-state index in [1.807, 2.05) is 6.92 Å². The SMILES string of the molecule is Cc1c(C(=O)OC2CCCCCC2)[nH]c2c1C(=O)CCC2. The van der Waals surface area contributed by atoms with E-state index in [1.54, 1.807) is 0 Å². The minimum atomic E-state index is -0.290. The van der Waals surface area contributed by atoms with Gasteiger partial charge in [0.1, 0.15) is 11.8 Å². The minimum absolute atomic E-state index is 0.0374. The molecule has 0 atom stereocenters. The molecular weight excluding hydrogens is 266 g/mol. The molecule has 3 rings (SSSR count). The summed E-state index contributed by atoms with van der Waals surface area (Å²) < 4.78 is 5.67. The average Bonchev–Trinajstić information content (AvgIpc) is 2.64. The number of aromatic amines is 1. The lowest BCUT2D eigenvalue weighted by atomic mass is 9.94. The highest BCUT2D eigenvalue weighted by atomic mass is 16.5.